The average Bonchev–Trinajstić information content (AvgIpc) is 2.33. The van der Waals surface area contributed by atoms with E-state index in [0.717, 1.165) is 5.39 Å². The lowest BCUT2D eigenvalue weighted by Gasteiger charge is -1.80. The summed E-state index contributed by atoms with van der Waals surface area (Å²) in [6, 6.07) is 1.83. The highest BCUT2D eigenvalue weighted by molar-refractivity contribution is 5.70. The maximum Gasteiger partial charge on any atom is 0.228 e. The van der Waals surface area contributed by atoms with E-state index in [0.29, 0.717) is 5.71 Å². The number of fused-ring (bicyclic) bond motifs is 1. The van der Waals surface area contributed by atoms with Crippen molar-refractivity contribution in [3.63, 3.8) is 0 Å². The predicted octanol–water partition coefficient (Wildman–Crippen LogP) is 1.22. The number of nitrogens with zero attached hydrogens (tertiary/aromatic N) is 2. The van der Waals surface area contributed by atoms with E-state index in [-0.39, 0.29) is 0 Å². The summed E-state index contributed by atoms with van der Waals surface area (Å²) in [5.41, 5.74) is 0.644. The number of hydrogen-bond acceptors (Lipinski definition) is 3. The fraction of sp³-hybridized carbons (Fsp3) is 0. The molecular weight excluding hydrogens is 116 g/mol. The molecule has 0 N–H and O–H groups in total. The van der Waals surface area contributed by atoms with Crippen molar-refractivity contribution in [2.45, 2.75) is 0 Å². The van der Waals surface area contributed by atoms with Gasteiger partial charge in [-0.1, -0.05) is 0 Å². The molecule has 0 saturated carbocycles. The number of furan rings is 1. The molecule has 0 radical (unpaired) electrons. The quantitative estimate of drug-likeness (QED) is 0.524. The van der Waals surface area contributed by atoms with Gasteiger partial charge in [-0.15, -0.1) is 0 Å². The molecule has 9 heavy (non-hydrogen) atoms. The molecule has 0 saturated heterocycles. The van der Waals surface area contributed by atoms with Gasteiger partial charge < -0.3 is 4.42 Å². The summed E-state index contributed by atoms with van der Waals surface area (Å²) < 4.78 is 4.97. The minimum atomic E-state index is 0.644. The molecule has 0 aromatic carbocycles. The zero-order valence-electron chi connectivity index (χ0n) is 4.61. The van der Waals surface area contributed by atoms with Crippen LogP contribution in [0.15, 0.2) is 29.3 Å². The number of rotatable bonds is 0. The summed E-state index contributed by atoms with van der Waals surface area (Å²) in [5, 5.41) is 0.942. The fourth-order valence-electron chi connectivity index (χ4n) is 0.714. The zero-order chi connectivity index (χ0) is 6.10. The van der Waals surface area contributed by atoms with Gasteiger partial charge in [0.1, 0.15) is 6.33 Å². The predicted molar refractivity (Wildman–Crippen MR) is 31.8 cm³/mol. The van der Waals surface area contributed by atoms with E-state index in [4.69, 9.17) is 4.42 Å². The second-order valence-corrected chi connectivity index (χ2v) is 1.70. The lowest BCUT2D eigenvalue weighted by atomic mass is 10.4. The molecule has 0 amide bonds. The Morgan fingerprint density at radius 3 is 3.33 bits per heavy atom. The van der Waals surface area contributed by atoms with Crippen molar-refractivity contribution in [2.24, 2.45) is 0 Å². The van der Waals surface area contributed by atoms with E-state index in [9.17, 15) is 0 Å². The molecule has 0 aliphatic rings. The molecule has 0 aliphatic heterocycles. The molecule has 0 atom stereocenters. The van der Waals surface area contributed by atoms with Gasteiger partial charge in [-0.05, 0) is 6.07 Å². The zero-order valence-corrected chi connectivity index (χ0v) is 4.61. The van der Waals surface area contributed by atoms with Gasteiger partial charge in [0.25, 0.3) is 0 Å². The van der Waals surface area contributed by atoms with Crippen LogP contribution in [-0.2, 0) is 0 Å². The van der Waals surface area contributed by atoms with Gasteiger partial charge in [-0.25, -0.2) is 9.97 Å². The van der Waals surface area contributed by atoms with Crippen LogP contribution in [0.1, 0.15) is 0 Å². The Morgan fingerprint density at radius 1 is 1.44 bits per heavy atom. The van der Waals surface area contributed by atoms with Crippen LogP contribution in [0.4, 0.5) is 0 Å². The number of hydrogen-bond donors (Lipinski definition) is 0. The molecular formula is C6H4N2O. The van der Waals surface area contributed by atoms with E-state index in [1.165, 1.54) is 6.33 Å². The summed E-state index contributed by atoms with van der Waals surface area (Å²) in [5.74, 6) is 0. The van der Waals surface area contributed by atoms with Crippen LogP contribution in [0, 0.1) is 0 Å². The maximum atomic E-state index is 4.97. The van der Waals surface area contributed by atoms with Gasteiger partial charge in [0, 0.05) is 6.20 Å². The van der Waals surface area contributed by atoms with Crippen LogP contribution in [0.2, 0.25) is 0 Å². The van der Waals surface area contributed by atoms with Crippen molar-refractivity contribution in [3.05, 3.63) is 24.9 Å². The molecule has 44 valence electrons. The third kappa shape index (κ3) is 0.579. The van der Waals surface area contributed by atoms with Crippen molar-refractivity contribution in [2.75, 3.05) is 0 Å². The Morgan fingerprint density at radius 2 is 2.44 bits per heavy atom. The summed E-state index contributed by atoms with van der Waals surface area (Å²) in [6.45, 7) is 0. The topological polar surface area (TPSA) is 38.9 Å². The third-order valence-electron chi connectivity index (χ3n) is 1.13. The monoisotopic (exact) mass is 120 g/mol. The van der Waals surface area contributed by atoms with Gasteiger partial charge in [-0.2, -0.15) is 0 Å². The molecule has 2 rings (SSSR count). The van der Waals surface area contributed by atoms with E-state index < -0.39 is 0 Å². The van der Waals surface area contributed by atoms with Crippen molar-refractivity contribution in [1.29, 1.82) is 0 Å². The standard InChI is InChI=1S/C6H4N2O/c1-2-9-6-5(1)3-7-4-8-6/h1-4H. The highest BCUT2D eigenvalue weighted by Gasteiger charge is 1.92. The fourth-order valence-corrected chi connectivity index (χ4v) is 0.714. The average molecular weight is 120 g/mol. The van der Waals surface area contributed by atoms with Crippen LogP contribution in [0.5, 0.6) is 0 Å². The van der Waals surface area contributed by atoms with Crippen LogP contribution < -0.4 is 0 Å². The second kappa shape index (κ2) is 1.55. The summed E-state index contributed by atoms with van der Waals surface area (Å²) in [7, 11) is 0. The molecule has 0 bridgehead atoms. The van der Waals surface area contributed by atoms with Gasteiger partial charge in [0.05, 0.1) is 11.6 Å². The van der Waals surface area contributed by atoms with Crippen LogP contribution >= 0.6 is 0 Å². The molecule has 0 unspecified atom stereocenters. The Bertz CT molecular complexity index is 285. The molecule has 3 heteroatoms. The highest BCUT2D eigenvalue weighted by Crippen LogP contribution is 2.08. The minimum absolute atomic E-state index is 0.644. The van der Waals surface area contributed by atoms with Crippen LogP contribution in [-0.4, -0.2) is 9.97 Å². The Hall–Kier alpha value is -1.38. The van der Waals surface area contributed by atoms with Gasteiger partial charge in [0.2, 0.25) is 5.71 Å². The van der Waals surface area contributed by atoms with Crippen LogP contribution in [0.3, 0.4) is 0 Å². The molecule has 0 fully saturated rings. The third-order valence-corrected chi connectivity index (χ3v) is 1.13. The van der Waals surface area contributed by atoms with Crippen molar-refractivity contribution in [3.8, 4) is 0 Å². The van der Waals surface area contributed by atoms with Crippen LogP contribution in [0.25, 0.3) is 11.1 Å². The lowest BCUT2D eigenvalue weighted by molar-refractivity contribution is 0.602. The van der Waals surface area contributed by atoms with E-state index in [2.05, 4.69) is 9.97 Å². The first-order valence-electron chi connectivity index (χ1n) is 2.60. The summed E-state index contributed by atoms with van der Waals surface area (Å²) in [4.78, 5) is 7.68. The van der Waals surface area contributed by atoms with Crippen molar-refractivity contribution < 1.29 is 4.42 Å². The molecule has 0 aliphatic carbocycles. The molecule has 2 aromatic heterocycles. The van der Waals surface area contributed by atoms with E-state index in [1.807, 2.05) is 6.07 Å². The van der Waals surface area contributed by atoms with E-state index in [1.54, 1.807) is 12.5 Å². The molecule has 0 spiro atoms. The smallest absolute Gasteiger partial charge is 0.228 e. The SMILES string of the molecule is c1ncc2ccoc2n1. The normalized spacial score (nSPS) is 10.2. The summed E-state index contributed by atoms with van der Waals surface area (Å²) in [6.07, 6.45) is 4.77. The number of aromatic nitrogens is 2. The second-order valence-electron chi connectivity index (χ2n) is 1.70. The van der Waals surface area contributed by atoms with Gasteiger partial charge >= 0.3 is 0 Å². The van der Waals surface area contributed by atoms with Gasteiger partial charge in [0.15, 0.2) is 0 Å². The maximum absolute atomic E-state index is 4.97. The Kier molecular flexibility index (Phi) is 0.773. The first-order valence-corrected chi connectivity index (χ1v) is 2.60. The Labute approximate surface area is 51.3 Å². The molecule has 2 aromatic rings. The summed E-state index contributed by atoms with van der Waals surface area (Å²) >= 11 is 0. The van der Waals surface area contributed by atoms with Gasteiger partial charge in [-0.3, -0.25) is 0 Å². The highest BCUT2D eigenvalue weighted by atomic mass is 16.3. The van der Waals surface area contributed by atoms with Crippen molar-refractivity contribution >= 4 is 11.1 Å². The van der Waals surface area contributed by atoms with E-state index >= 15 is 0 Å². The molecule has 2 heterocycles. The Balaban J connectivity index is 2.95. The largest absolute Gasteiger partial charge is 0.446 e. The molecule has 3 nitrogen and oxygen atoms in total. The minimum Gasteiger partial charge on any atom is -0.446 e. The first kappa shape index (κ1) is 4.49. The first-order chi connectivity index (χ1) is 4.47. The van der Waals surface area contributed by atoms with Crippen molar-refractivity contribution in [1.82, 2.24) is 9.97 Å². The lowest BCUT2D eigenvalue weighted by Crippen LogP contribution is -1.72.